The first-order chi connectivity index (χ1) is 10.0. The highest BCUT2D eigenvalue weighted by molar-refractivity contribution is 7.86. The fraction of sp³-hybridized carbons (Fsp3) is 1.00. The van der Waals surface area contributed by atoms with Crippen molar-refractivity contribution >= 4 is 10.2 Å². The second-order valence-electron chi connectivity index (χ2n) is 6.82. The second-order valence-corrected chi connectivity index (χ2v) is 8.70. The number of hydrogen-bond acceptors (Lipinski definition) is 4. The van der Waals surface area contributed by atoms with Gasteiger partial charge in [0.15, 0.2) is 0 Å². The smallest absolute Gasteiger partial charge is 0.282 e. The van der Waals surface area contributed by atoms with Crippen molar-refractivity contribution in [2.45, 2.75) is 44.7 Å². The van der Waals surface area contributed by atoms with E-state index in [1.165, 1.54) is 6.42 Å². The molecule has 3 aliphatic heterocycles. The van der Waals surface area contributed by atoms with Gasteiger partial charge in [0.05, 0.1) is 0 Å². The van der Waals surface area contributed by atoms with Crippen molar-refractivity contribution in [1.82, 2.24) is 13.5 Å². The molecule has 0 aromatic carbocycles. The Balaban J connectivity index is 1.74. The second kappa shape index (κ2) is 6.12. The number of nitrogens with zero attached hydrogens (tertiary/aromatic N) is 3. The van der Waals surface area contributed by atoms with Crippen molar-refractivity contribution in [2.75, 3.05) is 39.3 Å². The van der Waals surface area contributed by atoms with Crippen LogP contribution in [0.3, 0.4) is 0 Å². The number of piperidine rings is 1. The van der Waals surface area contributed by atoms with Gasteiger partial charge >= 0.3 is 0 Å². The normalized spacial score (nSPS) is 36.8. The lowest BCUT2D eigenvalue weighted by molar-refractivity contribution is 0.108. The lowest BCUT2D eigenvalue weighted by Crippen LogP contribution is -2.60. The zero-order chi connectivity index (χ0) is 15.0. The molecular formula is C14H28N4O2S. The van der Waals surface area contributed by atoms with Crippen LogP contribution in [0, 0.1) is 5.92 Å². The molecule has 2 N–H and O–H groups in total. The SMILES string of the molecule is CC1CN2CCCC2CN1S(=O)(=O)N1CCCC(CN)C1. The van der Waals surface area contributed by atoms with E-state index in [1.54, 1.807) is 8.61 Å². The lowest BCUT2D eigenvalue weighted by atomic mass is 10.0. The van der Waals surface area contributed by atoms with Crippen molar-refractivity contribution in [1.29, 1.82) is 0 Å². The summed E-state index contributed by atoms with van der Waals surface area (Å²) in [5, 5.41) is 0. The van der Waals surface area contributed by atoms with Crippen LogP contribution < -0.4 is 5.73 Å². The van der Waals surface area contributed by atoms with Crippen LogP contribution in [-0.2, 0) is 10.2 Å². The van der Waals surface area contributed by atoms with Gasteiger partial charge in [-0.25, -0.2) is 0 Å². The summed E-state index contributed by atoms with van der Waals surface area (Å²) in [6.45, 7) is 6.52. The van der Waals surface area contributed by atoms with E-state index in [0.29, 0.717) is 38.1 Å². The molecule has 0 saturated carbocycles. The Kier molecular flexibility index (Phi) is 4.57. The quantitative estimate of drug-likeness (QED) is 0.800. The van der Waals surface area contributed by atoms with Crippen molar-refractivity contribution in [3.05, 3.63) is 0 Å². The molecular weight excluding hydrogens is 288 g/mol. The number of piperazine rings is 1. The van der Waals surface area contributed by atoms with Gasteiger partial charge in [0.25, 0.3) is 10.2 Å². The molecule has 6 nitrogen and oxygen atoms in total. The summed E-state index contributed by atoms with van der Waals surface area (Å²) >= 11 is 0. The predicted octanol–water partition coefficient (Wildman–Crippen LogP) is 0.0704. The zero-order valence-corrected chi connectivity index (χ0v) is 13.8. The molecule has 0 spiro atoms. The molecule has 0 radical (unpaired) electrons. The van der Waals surface area contributed by atoms with E-state index in [4.69, 9.17) is 5.73 Å². The minimum atomic E-state index is -3.33. The Morgan fingerprint density at radius 3 is 2.62 bits per heavy atom. The van der Waals surface area contributed by atoms with Gasteiger partial charge < -0.3 is 5.73 Å². The van der Waals surface area contributed by atoms with Gasteiger partial charge in [-0.05, 0) is 51.6 Å². The summed E-state index contributed by atoms with van der Waals surface area (Å²) in [5.74, 6) is 0.316. The van der Waals surface area contributed by atoms with Gasteiger partial charge in [-0.15, -0.1) is 0 Å². The molecule has 122 valence electrons. The molecule has 0 aromatic heterocycles. The number of fused-ring (bicyclic) bond motifs is 1. The van der Waals surface area contributed by atoms with Crippen molar-refractivity contribution in [3.63, 3.8) is 0 Å². The molecule has 3 saturated heterocycles. The summed E-state index contributed by atoms with van der Waals surface area (Å²) in [6, 6.07) is 0.494. The standard InChI is InChI=1S/C14H28N4O2S/c1-12-9-16-6-3-5-14(16)11-18(12)21(19,20)17-7-2-4-13(8-15)10-17/h12-14H,2-11,15H2,1H3. The summed E-state index contributed by atoms with van der Waals surface area (Å²) in [5.41, 5.74) is 5.74. The Bertz CT molecular complexity index is 470. The Hall–Kier alpha value is -0.210. The van der Waals surface area contributed by atoms with E-state index in [0.717, 1.165) is 32.4 Å². The summed E-state index contributed by atoms with van der Waals surface area (Å²) in [4.78, 5) is 2.45. The van der Waals surface area contributed by atoms with Crippen molar-refractivity contribution in [2.24, 2.45) is 11.7 Å². The molecule has 21 heavy (non-hydrogen) atoms. The van der Waals surface area contributed by atoms with Crippen LogP contribution in [0.2, 0.25) is 0 Å². The van der Waals surface area contributed by atoms with Crippen LogP contribution >= 0.6 is 0 Å². The third-order valence-corrected chi connectivity index (χ3v) is 7.40. The van der Waals surface area contributed by atoms with Crippen molar-refractivity contribution in [3.8, 4) is 0 Å². The molecule has 3 aliphatic rings. The first-order valence-corrected chi connectivity index (χ1v) is 9.63. The third-order valence-electron chi connectivity index (χ3n) is 5.32. The topological polar surface area (TPSA) is 69.9 Å². The molecule has 0 bridgehead atoms. The van der Waals surface area contributed by atoms with Crippen LogP contribution in [0.5, 0.6) is 0 Å². The minimum absolute atomic E-state index is 0.0719. The molecule has 0 amide bonds. The van der Waals surface area contributed by atoms with Crippen LogP contribution in [0.4, 0.5) is 0 Å². The fourth-order valence-corrected chi connectivity index (χ4v) is 6.00. The highest BCUT2D eigenvalue weighted by Gasteiger charge is 2.42. The van der Waals surface area contributed by atoms with Crippen LogP contribution in [0.1, 0.15) is 32.6 Å². The summed E-state index contributed by atoms with van der Waals surface area (Å²) < 4.78 is 29.4. The minimum Gasteiger partial charge on any atom is -0.330 e. The van der Waals surface area contributed by atoms with Gasteiger partial charge in [-0.3, -0.25) is 4.90 Å². The molecule has 3 rings (SSSR count). The highest BCUT2D eigenvalue weighted by Crippen LogP contribution is 2.29. The monoisotopic (exact) mass is 316 g/mol. The Morgan fingerprint density at radius 1 is 1.10 bits per heavy atom. The average Bonchev–Trinajstić information content (AvgIpc) is 2.93. The van der Waals surface area contributed by atoms with Gasteiger partial charge in [-0.2, -0.15) is 17.0 Å². The summed E-state index contributed by atoms with van der Waals surface area (Å²) in [6.07, 6.45) is 4.31. The molecule has 0 aliphatic carbocycles. The Morgan fingerprint density at radius 2 is 1.86 bits per heavy atom. The van der Waals surface area contributed by atoms with Crippen LogP contribution in [0.15, 0.2) is 0 Å². The maximum absolute atomic E-state index is 13.0. The highest BCUT2D eigenvalue weighted by atomic mass is 32.2. The van der Waals surface area contributed by atoms with Gasteiger partial charge in [0, 0.05) is 38.3 Å². The average molecular weight is 316 g/mol. The number of rotatable bonds is 3. The molecule has 3 atom stereocenters. The predicted molar refractivity (Wildman–Crippen MR) is 83.0 cm³/mol. The maximum Gasteiger partial charge on any atom is 0.282 e. The largest absolute Gasteiger partial charge is 0.330 e. The molecule has 3 heterocycles. The van der Waals surface area contributed by atoms with E-state index in [1.807, 2.05) is 6.92 Å². The van der Waals surface area contributed by atoms with E-state index in [2.05, 4.69) is 4.90 Å². The van der Waals surface area contributed by atoms with Crippen LogP contribution in [-0.4, -0.2) is 73.3 Å². The maximum atomic E-state index is 13.0. The summed E-state index contributed by atoms with van der Waals surface area (Å²) in [7, 11) is -3.33. The molecule has 3 unspecified atom stereocenters. The number of hydrogen-bond donors (Lipinski definition) is 1. The van der Waals surface area contributed by atoms with Crippen molar-refractivity contribution < 1.29 is 8.42 Å². The van der Waals surface area contributed by atoms with E-state index >= 15 is 0 Å². The fourth-order valence-electron chi connectivity index (χ4n) is 4.06. The first-order valence-electron chi connectivity index (χ1n) is 8.23. The van der Waals surface area contributed by atoms with Gasteiger partial charge in [0.2, 0.25) is 0 Å². The molecule has 7 heteroatoms. The van der Waals surface area contributed by atoms with Gasteiger partial charge in [-0.1, -0.05) is 0 Å². The first kappa shape index (κ1) is 15.7. The zero-order valence-electron chi connectivity index (χ0n) is 12.9. The van der Waals surface area contributed by atoms with E-state index < -0.39 is 10.2 Å². The molecule has 0 aromatic rings. The lowest BCUT2D eigenvalue weighted by Gasteiger charge is -2.44. The van der Waals surface area contributed by atoms with E-state index in [-0.39, 0.29) is 6.04 Å². The van der Waals surface area contributed by atoms with Gasteiger partial charge in [0.1, 0.15) is 0 Å². The number of nitrogens with two attached hydrogens (primary N) is 1. The van der Waals surface area contributed by atoms with Crippen LogP contribution in [0.25, 0.3) is 0 Å². The third kappa shape index (κ3) is 2.99. The molecule has 3 fully saturated rings. The Labute approximate surface area is 128 Å². The van der Waals surface area contributed by atoms with E-state index in [9.17, 15) is 8.42 Å².